The van der Waals surface area contributed by atoms with Gasteiger partial charge in [-0.1, -0.05) is 6.07 Å². The SMILES string of the molecule is COc1cccc(NC(=O)c2[c]ccs2)c1. The van der Waals surface area contributed by atoms with Crippen LogP contribution in [0.15, 0.2) is 35.7 Å². The van der Waals surface area contributed by atoms with E-state index >= 15 is 0 Å². The molecule has 16 heavy (non-hydrogen) atoms. The summed E-state index contributed by atoms with van der Waals surface area (Å²) in [5.41, 5.74) is 0.714. The van der Waals surface area contributed by atoms with Crippen molar-refractivity contribution in [2.75, 3.05) is 12.4 Å². The van der Waals surface area contributed by atoms with Crippen molar-refractivity contribution in [2.24, 2.45) is 0 Å². The van der Waals surface area contributed by atoms with Crippen LogP contribution >= 0.6 is 11.3 Å². The zero-order chi connectivity index (χ0) is 11.4. The number of amides is 1. The third-order valence-electron chi connectivity index (χ3n) is 2.00. The lowest BCUT2D eigenvalue weighted by molar-refractivity contribution is 0.103. The van der Waals surface area contributed by atoms with Gasteiger partial charge < -0.3 is 10.1 Å². The predicted octanol–water partition coefficient (Wildman–Crippen LogP) is 2.81. The maximum absolute atomic E-state index is 11.7. The fourth-order valence-corrected chi connectivity index (χ4v) is 1.82. The molecule has 0 aliphatic rings. The highest BCUT2D eigenvalue weighted by Gasteiger charge is 2.07. The van der Waals surface area contributed by atoms with E-state index in [9.17, 15) is 4.79 Å². The largest absolute Gasteiger partial charge is 0.497 e. The van der Waals surface area contributed by atoms with Gasteiger partial charge in [-0.15, -0.1) is 11.3 Å². The molecule has 1 amide bonds. The highest BCUT2D eigenvalue weighted by Crippen LogP contribution is 2.18. The summed E-state index contributed by atoms with van der Waals surface area (Å²) < 4.78 is 5.07. The van der Waals surface area contributed by atoms with Gasteiger partial charge >= 0.3 is 0 Å². The van der Waals surface area contributed by atoms with Crippen LogP contribution in [-0.4, -0.2) is 13.0 Å². The van der Waals surface area contributed by atoms with Gasteiger partial charge in [-0.05, 0) is 23.6 Å². The summed E-state index contributed by atoms with van der Waals surface area (Å²) in [6, 6.07) is 11.8. The zero-order valence-corrected chi connectivity index (χ0v) is 9.51. The number of hydrogen-bond acceptors (Lipinski definition) is 3. The molecule has 0 atom stereocenters. The first kappa shape index (κ1) is 10.7. The van der Waals surface area contributed by atoms with Crippen molar-refractivity contribution in [1.29, 1.82) is 0 Å². The van der Waals surface area contributed by atoms with Gasteiger partial charge in [0, 0.05) is 17.8 Å². The second-order valence-corrected chi connectivity index (χ2v) is 4.00. The Labute approximate surface area is 97.7 Å². The monoisotopic (exact) mass is 232 g/mol. The lowest BCUT2D eigenvalue weighted by Gasteiger charge is -2.05. The topological polar surface area (TPSA) is 38.3 Å². The first-order valence-corrected chi connectivity index (χ1v) is 5.58. The van der Waals surface area contributed by atoms with Crippen LogP contribution in [0.5, 0.6) is 5.75 Å². The van der Waals surface area contributed by atoms with E-state index in [4.69, 9.17) is 4.74 Å². The number of hydrogen-bond donors (Lipinski definition) is 1. The average Bonchev–Trinajstić information content (AvgIpc) is 2.83. The van der Waals surface area contributed by atoms with Gasteiger partial charge in [0.1, 0.15) is 10.6 Å². The van der Waals surface area contributed by atoms with E-state index in [0.29, 0.717) is 16.3 Å². The van der Waals surface area contributed by atoms with Crippen molar-refractivity contribution >= 4 is 22.9 Å². The molecule has 1 radical (unpaired) electrons. The van der Waals surface area contributed by atoms with E-state index in [1.165, 1.54) is 11.3 Å². The molecule has 2 rings (SSSR count). The Morgan fingerprint density at radius 2 is 2.38 bits per heavy atom. The van der Waals surface area contributed by atoms with Crippen molar-refractivity contribution < 1.29 is 9.53 Å². The summed E-state index contributed by atoms with van der Waals surface area (Å²) in [6.45, 7) is 0. The number of carbonyl (C=O) groups excluding carboxylic acids is 1. The number of benzene rings is 1. The molecule has 0 aliphatic carbocycles. The zero-order valence-electron chi connectivity index (χ0n) is 8.69. The van der Waals surface area contributed by atoms with Crippen LogP contribution in [0.4, 0.5) is 5.69 Å². The molecule has 0 bridgehead atoms. The van der Waals surface area contributed by atoms with Gasteiger partial charge in [0.2, 0.25) is 0 Å². The molecule has 1 heterocycles. The number of methoxy groups -OCH3 is 1. The van der Waals surface area contributed by atoms with Crippen LogP contribution in [0.2, 0.25) is 0 Å². The van der Waals surface area contributed by atoms with E-state index in [1.54, 1.807) is 19.2 Å². The van der Waals surface area contributed by atoms with E-state index in [2.05, 4.69) is 11.4 Å². The maximum atomic E-state index is 11.7. The van der Waals surface area contributed by atoms with Gasteiger partial charge in [-0.25, -0.2) is 0 Å². The van der Waals surface area contributed by atoms with Gasteiger partial charge in [0.15, 0.2) is 0 Å². The summed E-state index contributed by atoms with van der Waals surface area (Å²) in [7, 11) is 1.59. The molecule has 0 fully saturated rings. The summed E-state index contributed by atoms with van der Waals surface area (Å²) in [5, 5.41) is 4.60. The van der Waals surface area contributed by atoms with Crippen LogP contribution in [0, 0.1) is 6.07 Å². The van der Waals surface area contributed by atoms with Crippen LogP contribution in [-0.2, 0) is 0 Å². The fraction of sp³-hybridized carbons (Fsp3) is 0.0833. The highest BCUT2D eigenvalue weighted by atomic mass is 32.1. The van der Waals surface area contributed by atoms with Crippen molar-refractivity contribution in [1.82, 2.24) is 0 Å². The number of rotatable bonds is 3. The molecule has 81 valence electrons. The van der Waals surface area contributed by atoms with Crippen LogP contribution in [0.1, 0.15) is 9.67 Å². The molecule has 3 nitrogen and oxygen atoms in total. The lowest BCUT2D eigenvalue weighted by Crippen LogP contribution is -2.10. The molecule has 1 N–H and O–H groups in total. The predicted molar refractivity (Wildman–Crippen MR) is 64.1 cm³/mol. The number of thiophene rings is 1. The molecule has 1 aromatic carbocycles. The van der Waals surface area contributed by atoms with Crippen molar-refractivity contribution in [3.8, 4) is 5.75 Å². The Balaban J connectivity index is 2.12. The summed E-state index contributed by atoms with van der Waals surface area (Å²) >= 11 is 1.36. The minimum Gasteiger partial charge on any atom is -0.497 e. The smallest absolute Gasteiger partial charge is 0.266 e. The lowest BCUT2D eigenvalue weighted by atomic mass is 10.3. The van der Waals surface area contributed by atoms with Crippen molar-refractivity contribution in [2.45, 2.75) is 0 Å². The Morgan fingerprint density at radius 3 is 3.06 bits per heavy atom. The fourth-order valence-electron chi connectivity index (χ4n) is 1.25. The number of nitrogens with one attached hydrogen (secondary N) is 1. The summed E-state index contributed by atoms with van der Waals surface area (Å²) in [5.74, 6) is 0.566. The normalized spacial score (nSPS) is 9.81. The number of carbonyl (C=O) groups is 1. The number of anilines is 1. The average molecular weight is 232 g/mol. The third kappa shape index (κ3) is 2.41. The van der Waals surface area contributed by atoms with Crippen molar-refractivity contribution in [3.63, 3.8) is 0 Å². The summed E-state index contributed by atoms with van der Waals surface area (Å²) in [6.07, 6.45) is 0. The third-order valence-corrected chi connectivity index (χ3v) is 2.81. The standard InChI is InChI=1S/C12H10NO2S/c1-15-10-5-2-4-9(8-10)13-12(14)11-6-3-7-16-11/h2-5,7-8H,1H3,(H,13,14). The molecule has 2 aromatic rings. The quantitative estimate of drug-likeness (QED) is 0.883. The Morgan fingerprint density at radius 1 is 1.50 bits per heavy atom. The van der Waals surface area contributed by atoms with E-state index in [-0.39, 0.29) is 5.91 Å². The minimum atomic E-state index is -0.150. The molecule has 4 heteroatoms. The molecular weight excluding hydrogens is 222 g/mol. The first-order valence-electron chi connectivity index (χ1n) is 4.70. The molecular formula is C12H10NO2S. The van der Waals surface area contributed by atoms with Crippen LogP contribution in [0.3, 0.4) is 0 Å². The molecule has 0 saturated carbocycles. The second kappa shape index (κ2) is 4.81. The van der Waals surface area contributed by atoms with Gasteiger partial charge in [-0.2, -0.15) is 0 Å². The summed E-state index contributed by atoms with van der Waals surface area (Å²) in [4.78, 5) is 12.3. The van der Waals surface area contributed by atoms with Crippen LogP contribution in [0.25, 0.3) is 0 Å². The van der Waals surface area contributed by atoms with Gasteiger partial charge in [0.05, 0.1) is 7.11 Å². The number of ether oxygens (including phenoxy) is 1. The first-order chi connectivity index (χ1) is 7.79. The Hall–Kier alpha value is -1.81. The molecule has 1 aromatic heterocycles. The molecule has 0 aliphatic heterocycles. The van der Waals surface area contributed by atoms with E-state index < -0.39 is 0 Å². The highest BCUT2D eigenvalue weighted by molar-refractivity contribution is 7.12. The maximum Gasteiger partial charge on any atom is 0.266 e. The second-order valence-electron chi connectivity index (χ2n) is 3.08. The van der Waals surface area contributed by atoms with E-state index in [0.717, 1.165) is 0 Å². The van der Waals surface area contributed by atoms with E-state index in [1.807, 2.05) is 23.6 Å². The Kier molecular flexibility index (Phi) is 3.22. The Bertz CT molecular complexity index is 480. The molecule has 0 saturated heterocycles. The minimum absolute atomic E-state index is 0.150. The van der Waals surface area contributed by atoms with Gasteiger partial charge in [0.25, 0.3) is 5.91 Å². The van der Waals surface area contributed by atoms with Gasteiger partial charge in [-0.3, -0.25) is 4.79 Å². The van der Waals surface area contributed by atoms with Crippen molar-refractivity contribution in [3.05, 3.63) is 46.7 Å². The molecule has 0 spiro atoms. The molecule has 0 unspecified atom stereocenters. The van der Waals surface area contributed by atoms with Crippen LogP contribution < -0.4 is 10.1 Å².